The minimum absolute atomic E-state index is 0.278. The molecule has 0 aliphatic carbocycles. The van der Waals surface area contributed by atoms with Gasteiger partial charge < -0.3 is 0 Å². The van der Waals surface area contributed by atoms with Crippen molar-refractivity contribution in [3.05, 3.63) is 12.2 Å². The van der Waals surface area contributed by atoms with Crippen molar-refractivity contribution in [1.82, 2.24) is 0 Å². The van der Waals surface area contributed by atoms with Crippen LogP contribution in [0.4, 0.5) is 0 Å². The summed E-state index contributed by atoms with van der Waals surface area (Å²) in [7, 11) is 0. The van der Waals surface area contributed by atoms with E-state index < -0.39 is 0 Å². The maximum absolute atomic E-state index is 2.25. The fraction of sp³-hybridized carbons (Fsp3) is 0. The summed E-state index contributed by atoms with van der Waals surface area (Å²) in [5.74, 6) is 0. The third-order valence-corrected chi connectivity index (χ3v) is 2.11. The minimum atomic E-state index is 0.278. The third kappa shape index (κ3) is 0.652. The van der Waals surface area contributed by atoms with E-state index in [1.54, 1.807) is 0 Å². The van der Waals surface area contributed by atoms with Crippen molar-refractivity contribution < 1.29 is 0 Å². The Hall–Kier alpha value is 0.0229. The molecule has 0 unspecified atom stereocenters. The molecule has 0 spiro atoms. The third-order valence-electron chi connectivity index (χ3n) is 0.496. The second kappa shape index (κ2) is 1.46. The summed E-state index contributed by atoms with van der Waals surface area (Å²) >= 11 is 0.278. The topological polar surface area (TPSA) is 0 Å². The molecule has 1 rings (SSSR count). The molecule has 0 aromatic heterocycles. The van der Waals surface area contributed by atoms with E-state index in [-0.39, 0.29) is 14.6 Å². The molecule has 1 heterocycles. The van der Waals surface area contributed by atoms with Crippen LogP contribution in [-0.4, -0.2) is 24.3 Å². The zero-order chi connectivity index (χ0) is 3.54. The number of hydrogen-bond donors (Lipinski definition) is 0. The molecule has 0 bridgehead atoms. The summed E-state index contributed by atoms with van der Waals surface area (Å²) < 4.78 is 0. The molecule has 1 aliphatic rings. The van der Waals surface area contributed by atoms with Crippen molar-refractivity contribution in [2.24, 2.45) is 0 Å². The van der Waals surface area contributed by atoms with Crippen LogP contribution in [0.15, 0.2) is 12.2 Å². The maximum atomic E-state index is 2.25. The fourth-order valence-electron chi connectivity index (χ4n) is 0.278. The second-order valence-corrected chi connectivity index (χ2v) is 2.98. The molecule has 24 valence electrons. The van der Waals surface area contributed by atoms with Gasteiger partial charge in [0.15, 0.2) is 0 Å². The van der Waals surface area contributed by atoms with E-state index in [1.807, 2.05) is 0 Å². The molecule has 0 nitrogen and oxygen atoms in total. The first-order chi connectivity index (χ1) is 2.50. The van der Waals surface area contributed by atoms with Crippen LogP contribution in [0.2, 0.25) is 0 Å². The van der Waals surface area contributed by atoms with Gasteiger partial charge in [0.05, 0.1) is 0 Å². The molecular formula is C4H4Ge. The second-order valence-electron chi connectivity index (χ2n) is 0.885. The summed E-state index contributed by atoms with van der Waals surface area (Å²) in [6.45, 7) is 0. The van der Waals surface area contributed by atoms with Gasteiger partial charge in [-0.05, 0) is 0 Å². The Labute approximate surface area is 37.1 Å². The molecule has 0 radical (unpaired) electrons. The van der Waals surface area contributed by atoms with E-state index in [2.05, 4.69) is 21.9 Å². The molecule has 0 amide bonds. The number of hydrogen-bond acceptors (Lipinski definition) is 0. The first-order valence-corrected chi connectivity index (χ1v) is 4.00. The Morgan fingerprint density at radius 3 is 1.80 bits per heavy atom. The Bertz CT molecular complexity index is 94.8. The Morgan fingerprint density at radius 2 is 1.60 bits per heavy atom. The first kappa shape index (κ1) is 3.22. The van der Waals surface area contributed by atoms with E-state index in [0.29, 0.717) is 0 Å². The van der Waals surface area contributed by atoms with Gasteiger partial charge in [0.1, 0.15) is 0 Å². The van der Waals surface area contributed by atoms with Gasteiger partial charge in [-0.3, -0.25) is 0 Å². The number of rotatable bonds is 0. The predicted molar refractivity (Wildman–Crippen MR) is 27.0 cm³/mol. The molecule has 0 atom stereocenters. The average molecular weight is 125 g/mol. The van der Waals surface area contributed by atoms with E-state index in [0.717, 1.165) is 0 Å². The normalized spacial score (nSPS) is 14.4. The molecule has 0 saturated heterocycles. The summed E-state index contributed by atoms with van der Waals surface area (Å²) in [6, 6.07) is 0. The fourth-order valence-corrected chi connectivity index (χ4v) is 1.44. The van der Waals surface area contributed by atoms with Crippen molar-refractivity contribution >= 4 is 24.3 Å². The van der Waals surface area contributed by atoms with Gasteiger partial charge in [-0.2, -0.15) is 0 Å². The summed E-state index contributed by atoms with van der Waals surface area (Å²) in [5.41, 5.74) is 0. The zero-order valence-electron chi connectivity index (χ0n) is 2.81. The summed E-state index contributed by atoms with van der Waals surface area (Å²) in [5, 5.41) is 0. The van der Waals surface area contributed by atoms with Crippen LogP contribution >= 0.6 is 0 Å². The predicted octanol–water partition coefficient (Wildman–Crippen LogP) is -0.135. The zero-order valence-corrected chi connectivity index (χ0v) is 4.91. The van der Waals surface area contributed by atoms with Crippen molar-refractivity contribution in [3.63, 3.8) is 0 Å². The molecule has 1 heteroatoms. The molecule has 0 N–H and O–H groups in total. The van der Waals surface area contributed by atoms with Gasteiger partial charge >= 0.3 is 36.4 Å². The molecule has 0 aromatic rings. The molecule has 0 saturated carbocycles. The van der Waals surface area contributed by atoms with Crippen LogP contribution in [-0.2, 0) is 0 Å². The van der Waals surface area contributed by atoms with Crippen LogP contribution in [0.3, 0.4) is 0 Å². The van der Waals surface area contributed by atoms with E-state index >= 15 is 0 Å². The van der Waals surface area contributed by atoms with Crippen LogP contribution in [0.5, 0.6) is 0 Å². The van der Waals surface area contributed by atoms with Crippen LogP contribution in [0, 0.1) is 0 Å². The standard InChI is InChI=1S/C4H4Ge/c1-2-4-5-3-1/h1-4H. The van der Waals surface area contributed by atoms with Gasteiger partial charge in [0.25, 0.3) is 0 Å². The Morgan fingerprint density at radius 1 is 1.00 bits per heavy atom. The monoisotopic (exact) mass is 126 g/mol. The van der Waals surface area contributed by atoms with Crippen molar-refractivity contribution in [1.29, 1.82) is 0 Å². The SMILES string of the molecule is C1=C[CH]=[Ge]=[CH]1. The molecule has 0 fully saturated rings. The van der Waals surface area contributed by atoms with E-state index in [1.165, 1.54) is 0 Å². The average Bonchev–Trinajstić information content (AvgIpc) is 1.76. The molecule has 0 aromatic carbocycles. The Kier molecular flexibility index (Phi) is 0.939. The van der Waals surface area contributed by atoms with E-state index in [4.69, 9.17) is 0 Å². The van der Waals surface area contributed by atoms with Crippen molar-refractivity contribution in [3.8, 4) is 0 Å². The first-order valence-electron chi connectivity index (χ1n) is 1.58. The summed E-state index contributed by atoms with van der Waals surface area (Å²) in [4.78, 5) is 4.50. The van der Waals surface area contributed by atoms with Crippen LogP contribution < -0.4 is 0 Å². The quantitative estimate of drug-likeness (QED) is 0.395. The van der Waals surface area contributed by atoms with E-state index in [9.17, 15) is 0 Å². The van der Waals surface area contributed by atoms with Crippen molar-refractivity contribution in [2.45, 2.75) is 0 Å². The van der Waals surface area contributed by atoms with Gasteiger partial charge in [-0.25, -0.2) is 0 Å². The molecule has 1 aliphatic heterocycles. The van der Waals surface area contributed by atoms with Crippen LogP contribution in [0.1, 0.15) is 0 Å². The van der Waals surface area contributed by atoms with Crippen molar-refractivity contribution in [2.75, 3.05) is 0 Å². The Balaban J connectivity index is 2.98. The van der Waals surface area contributed by atoms with Gasteiger partial charge in [0, 0.05) is 0 Å². The van der Waals surface area contributed by atoms with Gasteiger partial charge in [-0.1, -0.05) is 0 Å². The van der Waals surface area contributed by atoms with Gasteiger partial charge in [-0.15, -0.1) is 0 Å². The summed E-state index contributed by atoms with van der Waals surface area (Å²) in [6.07, 6.45) is 4.22. The van der Waals surface area contributed by atoms with Gasteiger partial charge in [0.2, 0.25) is 0 Å². The molecular weight excluding hydrogens is 121 g/mol. The number of allylic oxidation sites excluding steroid dienone is 2. The van der Waals surface area contributed by atoms with Crippen LogP contribution in [0.25, 0.3) is 0 Å². The molecule has 5 heavy (non-hydrogen) atoms.